The standard InChI is InChI=1S/C61H114O5/c1-4-7-10-13-16-19-22-25-28-31-33-36-39-42-45-48-51-54-60(62)65-57-59(64-56-53-50-47-44-41-38-35-30-27-24-21-18-15-12-9-6-3)58-66-61(63)55-52-49-46-43-40-37-34-32-29-26-23-20-17-14-11-8-5-2/h16,19,25-26,28-29,59H,4-15,17-18,20-24,27,30-58H2,1-3H3/b19-16-,28-25-,29-26-/t59-/m1/s1. The molecule has 1 atom stereocenters. The van der Waals surface area contributed by atoms with Gasteiger partial charge in [-0.1, -0.05) is 263 Å². The highest BCUT2D eigenvalue weighted by Gasteiger charge is 2.16. The first kappa shape index (κ1) is 64.1. The van der Waals surface area contributed by atoms with E-state index in [9.17, 15) is 9.59 Å². The number of rotatable bonds is 55. The second-order valence-electron chi connectivity index (χ2n) is 19.9. The van der Waals surface area contributed by atoms with Crippen molar-refractivity contribution in [1.82, 2.24) is 0 Å². The van der Waals surface area contributed by atoms with E-state index in [4.69, 9.17) is 14.2 Å². The summed E-state index contributed by atoms with van der Waals surface area (Å²) in [7, 11) is 0. The molecular weight excluding hydrogens is 813 g/mol. The van der Waals surface area contributed by atoms with Gasteiger partial charge in [0.1, 0.15) is 19.3 Å². The van der Waals surface area contributed by atoms with Gasteiger partial charge in [0, 0.05) is 19.4 Å². The molecule has 0 amide bonds. The zero-order valence-corrected chi connectivity index (χ0v) is 44.7. The maximum absolute atomic E-state index is 12.7. The molecule has 66 heavy (non-hydrogen) atoms. The number of carbonyl (C=O) groups is 2. The molecule has 0 heterocycles. The molecule has 0 aromatic rings. The number of ether oxygens (including phenoxy) is 3. The summed E-state index contributed by atoms with van der Waals surface area (Å²) in [6.45, 7) is 7.75. The lowest BCUT2D eigenvalue weighted by Gasteiger charge is -2.18. The molecule has 5 nitrogen and oxygen atoms in total. The summed E-state index contributed by atoms with van der Waals surface area (Å²) in [5, 5.41) is 0. The average Bonchev–Trinajstić information content (AvgIpc) is 3.32. The van der Waals surface area contributed by atoms with E-state index in [2.05, 4.69) is 57.2 Å². The fraction of sp³-hybridized carbons (Fsp3) is 0.869. The topological polar surface area (TPSA) is 61.8 Å². The Balaban J connectivity index is 4.24. The first-order valence-electron chi connectivity index (χ1n) is 29.5. The molecule has 0 bridgehead atoms. The van der Waals surface area contributed by atoms with E-state index in [0.29, 0.717) is 19.4 Å². The Labute approximate surface area is 412 Å². The molecule has 0 aliphatic rings. The van der Waals surface area contributed by atoms with E-state index in [1.165, 1.54) is 238 Å². The van der Waals surface area contributed by atoms with Crippen molar-refractivity contribution in [2.24, 2.45) is 0 Å². The minimum absolute atomic E-state index is 0.156. The number of unbranched alkanes of at least 4 members (excludes halogenated alkanes) is 38. The quantitative estimate of drug-likeness (QED) is 0.0345. The molecule has 0 aliphatic heterocycles. The van der Waals surface area contributed by atoms with Crippen LogP contribution in [-0.4, -0.2) is 37.9 Å². The third-order valence-corrected chi connectivity index (χ3v) is 13.2. The van der Waals surface area contributed by atoms with Crippen LogP contribution >= 0.6 is 0 Å². The molecular formula is C61H114O5. The van der Waals surface area contributed by atoms with Crippen LogP contribution in [0.15, 0.2) is 36.5 Å². The Hall–Kier alpha value is -1.88. The van der Waals surface area contributed by atoms with Crippen molar-refractivity contribution in [3.8, 4) is 0 Å². The molecule has 0 aliphatic carbocycles. The van der Waals surface area contributed by atoms with E-state index < -0.39 is 6.10 Å². The largest absolute Gasteiger partial charge is 0.463 e. The van der Waals surface area contributed by atoms with Crippen LogP contribution in [-0.2, 0) is 23.8 Å². The summed E-state index contributed by atoms with van der Waals surface area (Å²) in [5.41, 5.74) is 0. The van der Waals surface area contributed by atoms with Gasteiger partial charge in [-0.25, -0.2) is 0 Å². The molecule has 5 heteroatoms. The minimum Gasteiger partial charge on any atom is -0.463 e. The summed E-state index contributed by atoms with van der Waals surface area (Å²) < 4.78 is 17.5. The molecule has 0 saturated heterocycles. The Morgan fingerprint density at radius 2 is 0.576 bits per heavy atom. The lowest BCUT2D eigenvalue weighted by molar-refractivity contribution is -0.155. The van der Waals surface area contributed by atoms with Gasteiger partial charge in [-0.05, 0) is 77.0 Å². The summed E-state index contributed by atoms with van der Waals surface area (Å²) in [6.07, 6.45) is 70.4. The van der Waals surface area contributed by atoms with Gasteiger partial charge in [0.25, 0.3) is 0 Å². The molecule has 0 saturated carbocycles. The Morgan fingerprint density at radius 1 is 0.318 bits per heavy atom. The van der Waals surface area contributed by atoms with Gasteiger partial charge in [0.15, 0.2) is 0 Å². The van der Waals surface area contributed by atoms with Gasteiger partial charge in [-0.2, -0.15) is 0 Å². The molecule has 0 rings (SSSR count). The Bertz CT molecular complexity index is 1050. The second-order valence-corrected chi connectivity index (χ2v) is 19.9. The van der Waals surface area contributed by atoms with Crippen molar-refractivity contribution < 1.29 is 23.8 Å². The maximum Gasteiger partial charge on any atom is 0.305 e. The highest BCUT2D eigenvalue weighted by atomic mass is 16.6. The lowest BCUT2D eigenvalue weighted by Crippen LogP contribution is -2.29. The van der Waals surface area contributed by atoms with Crippen LogP contribution in [0.4, 0.5) is 0 Å². The Kier molecular flexibility index (Phi) is 55.8. The molecule has 0 spiro atoms. The predicted octanol–water partition coefficient (Wildman–Crippen LogP) is 20.1. The van der Waals surface area contributed by atoms with Crippen LogP contribution in [0.3, 0.4) is 0 Å². The molecule has 388 valence electrons. The molecule has 0 radical (unpaired) electrons. The zero-order chi connectivity index (χ0) is 47.7. The van der Waals surface area contributed by atoms with E-state index in [1.54, 1.807) is 0 Å². The SMILES string of the molecule is CCCCC/C=C\C/C=C\CCCCCCCCCC(=O)OC[C@H](COC(=O)CCCCCCCCC/C=C\CCCCCCCC)OCCCCCCCCCCCCCCCCCC. The summed E-state index contributed by atoms with van der Waals surface area (Å²) >= 11 is 0. The first-order chi connectivity index (χ1) is 32.6. The lowest BCUT2D eigenvalue weighted by atomic mass is 10.0. The van der Waals surface area contributed by atoms with Crippen molar-refractivity contribution >= 4 is 11.9 Å². The molecule has 0 aromatic carbocycles. The first-order valence-corrected chi connectivity index (χ1v) is 29.5. The predicted molar refractivity (Wildman–Crippen MR) is 288 cm³/mol. The van der Waals surface area contributed by atoms with E-state index in [1.807, 2.05) is 0 Å². The highest BCUT2D eigenvalue weighted by molar-refractivity contribution is 5.69. The highest BCUT2D eigenvalue weighted by Crippen LogP contribution is 2.16. The van der Waals surface area contributed by atoms with Gasteiger partial charge in [-0.15, -0.1) is 0 Å². The molecule has 0 aromatic heterocycles. The van der Waals surface area contributed by atoms with Crippen LogP contribution in [0.25, 0.3) is 0 Å². The van der Waals surface area contributed by atoms with Crippen molar-refractivity contribution in [1.29, 1.82) is 0 Å². The molecule has 0 fully saturated rings. The van der Waals surface area contributed by atoms with Crippen molar-refractivity contribution in [2.45, 2.75) is 322 Å². The third kappa shape index (κ3) is 54.7. The minimum atomic E-state index is -0.401. The van der Waals surface area contributed by atoms with Gasteiger partial charge in [-0.3, -0.25) is 9.59 Å². The van der Waals surface area contributed by atoms with Crippen molar-refractivity contribution in [2.75, 3.05) is 19.8 Å². The Morgan fingerprint density at radius 3 is 0.924 bits per heavy atom. The van der Waals surface area contributed by atoms with Crippen LogP contribution in [0, 0.1) is 0 Å². The van der Waals surface area contributed by atoms with E-state index in [0.717, 1.165) is 44.9 Å². The maximum atomic E-state index is 12.7. The zero-order valence-electron chi connectivity index (χ0n) is 44.7. The summed E-state index contributed by atoms with van der Waals surface area (Å²) in [6, 6.07) is 0. The monoisotopic (exact) mass is 927 g/mol. The fourth-order valence-corrected chi connectivity index (χ4v) is 8.69. The van der Waals surface area contributed by atoms with Crippen LogP contribution in [0.5, 0.6) is 0 Å². The molecule has 0 unspecified atom stereocenters. The van der Waals surface area contributed by atoms with E-state index >= 15 is 0 Å². The number of carbonyl (C=O) groups excluding carboxylic acids is 2. The second kappa shape index (κ2) is 57.4. The van der Waals surface area contributed by atoms with Crippen molar-refractivity contribution in [3.05, 3.63) is 36.5 Å². The van der Waals surface area contributed by atoms with Gasteiger partial charge in [0.05, 0.1) is 0 Å². The number of allylic oxidation sites excluding steroid dienone is 6. The van der Waals surface area contributed by atoms with Gasteiger partial charge < -0.3 is 14.2 Å². The van der Waals surface area contributed by atoms with Gasteiger partial charge in [0.2, 0.25) is 0 Å². The third-order valence-electron chi connectivity index (χ3n) is 13.2. The fourth-order valence-electron chi connectivity index (χ4n) is 8.69. The molecule has 0 N–H and O–H groups in total. The summed E-state index contributed by atoms with van der Waals surface area (Å²) in [4.78, 5) is 25.3. The van der Waals surface area contributed by atoms with Crippen molar-refractivity contribution in [3.63, 3.8) is 0 Å². The van der Waals surface area contributed by atoms with Crippen LogP contribution in [0.2, 0.25) is 0 Å². The van der Waals surface area contributed by atoms with Gasteiger partial charge >= 0.3 is 11.9 Å². The van der Waals surface area contributed by atoms with Crippen LogP contribution < -0.4 is 0 Å². The summed E-state index contributed by atoms with van der Waals surface area (Å²) in [5.74, 6) is -0.331. The smallest absolute Gasteiger partial charge is 0.305 e. The van der Waals surface area contributed by atoms with E-state index in [-0.39, 0.29) is 25.2 Å². The number of esters is 2. The van der Waals surface area contributed by atoms with Crippen LogP contribution in [0.1, 0.15) is 316 Å². The number of hydrogen-bond donors (Lipinski definition) is 0. The normalized spacial score (nSPS) is 12.3. The average molecular weight is 928 g/mol. The number of hydrogen-bond acceptors (Lipinski definition) is 5.